The lowest BCUT2D eigenvalue weighted by Crippen LogP contribution is -2.12. The highest BCUT2D eigenvalue weighted by Crippen LogP contribution is 2.44. The minimum atomic E-state index is -0.562. The molecule has 0 radical (unpaired) electrons. The van der Waals surface area contributed by atoms with Gasteiger partial charge >= 0.3 is 0 Å². The molecule has 1 atom stereocenters. The normalized spacial score (nSPS) is 11.8. The van der Waals surface area contributed by atoms with Crippen molar-refractivity contribution in [2.24, 2.45) is 0 Å². The average molecular weight is 459 g/mol. The van der Waals surface area contributed by atoms with Crippen molar-refractivity contribution in [3.8, 4) is 22.9 Å². The first-order chi connectivity index (χ1) is 15.3. The Labute approximate surface area is 190 Å². The van der Waals surface area contributed by atoms with Crippen LogP contribution in [-0.2, 0) is 0 Å². The van der Waals surface area contributed by atoms with Gasteiger partial charge in [0.2, 0.25) is 12.3 Å². The van der Waals surface area contributed by atoms with Crippen LogP contribution in [0.4, 0.5) is 0 Å². The van der Waals surface area contributed by atoms with E-state index in [-0.39, 0.29) is 11.5 Å². The van der Waals surface area contributed by atoms with Crippen molar-refractivity contribution in [2.45, 2.75) is 31.2 Å². The van der Waals surface area contributed by atoms with E-state index in [1.54, 1.807) is 12.1 Å². The lowest BCUT2D eigenvalue weighted by molar-refractivity contribution is -0.479. The van der Waals surface area contributed by atoms with E-state index < -0.39 is 5.25 Å². The summed E-state index contributed by atoms with van der Waals surface area (Å²) in [7, 11) is 4.53. The minimum Gasteiger partial charge on any atom is -0.493 e. The van der Waals surface area contributed by atoms with Crippen molar-refractivity contribution in [1.29, 1.82) is 0 Å². The van der Waals surface area contributed by atoms with Gasteiger partial charge in [-0.15, -0.1) is 10.2 Å². The van der Waals surface area contributed by atoms with Crippen LogP contribution in [0.15, 0.2) is 35.5 Å². The Bertz CT molecular complexity index is 1110. The number of hydrogen-bond acceptors (Lipinski definition) is 8. The summed E-state index contributed by atoms with van der Waals surface area (Å²) in [5.74, 6) is 1.99. The molecule has 0 unspecified atom stereocenters. The summed E-state index contributed by atoms with van der Waals surface area (Å²) in [4.78, 5) is 11.2. The number of thioether (sulfide) groups is 1. The molecule has 2 aromatic carbocycles. The predicted octanol–water partition coefficient (Wildman–Crippen LogP) is 4.33. The zero-order valence-corrected chi connectivity index (χ0v) is 19.7. The van der Waals surface area contributed by atoms with Gasteiger partial charge in [0.05, 0.1) is 21.3 Å². The maximum absolute atomic E-state index is 11.5. The van der Waals surface area contributed by atoms with Crippen molar-refractivity contribution in [3.63, 3.8) is 0 Å². The smallest absolute Gasteiger partial charge is 0.220 e. The molecule has 0 aliphatic carbocycles. The second kappa shape index (κ2) is 9.90. The van der Waals surface area contributed by atoms with Crippen LogP contribution in [0.5, 0.6) is 17.2 Å². The number of nitrogens with zero attached hydrogens (tertiary/aromatic N) is 4. The van der Waals surface area contributed by atoms with E-state index in [0.29, 0.717) is 33.8 Å². The van der Waals surface area contributed by atoms with E-state index in [2.05, 4.69) is 16.3 Å². The lowest BCUT2D eigenvalue weighted by atomic mass is 10.1. The van der Waals surface area contributed by atoms with Crippen LogP contribution in [0.2, 0.25) is 0 Å². The van der Waals surface area contributed by atoms with Crippen molar-refractivity contribution in [2.75, 3.05) is 27.9 Å². The average Bonchev–Trinajstić information content (AvgIpc) is 3.13. The van der Waals surface area contributed by atoms with Crippen molar-refractivity contribution >= 4 is 11.8 Å². The summed E-state index contributed by atoms with van der Waals surface area (Å²) in [5, 5.41) is 20.0. The Balaban J connectivity index is 2.07. The first kappa shape index (κ1) is 23.4. The van der Waals surface area contributed by atoms with E-state index in [0.717, 1.165) is 11.3 Å². The van der Waals surface area contributed by atoms with E-state index in [9.17, 15) is 10.1 Å². The zero-order chi connectivity index (χ0) is 23.4. The highest BCUT2D eigenvalue weighted by molar-refractivity contribution is 7.99. The lowest BCUT2D eigenvalue weighted by Gasteiger charge is -2.18. The molecule has 0 spiro atoms. The molecule has 32 heavy (non-hydrogen) atoms. The summed E-state index contributed by atoms with van der Waals surface area (Å²) in [6.45, 7) is 5.62. The van der Waals surface area contributed by atoms with E-state index in [1.165, 1.54) is 38.7 Å². The Morgan fingerprint density at radius 2 is 1.66 bits per heavy atom. The number of aryl methyl sites for hydroxylation is 3. The van der Waals surface area contributed by atoms with Crippen LogP contribution in [0, 0.1) is 30.9 Å². The Kier molecular flexibility index (Phi) is 7.24. The molecule has 0 amide bonds. The molecule has 170 valence electrons. The molecule has 9 nitrogen and oxygen atoms in total. The van der Waals surface area contributed by atoms with Gasteiger partial charge in [0.1, 0.15) is 11.1 Å². The quantitative estimate of drug-likeness (QED) is 0.265. The summed E-state index contributed by atoms with van der Waals surface area (Å²) < 4.78 is 18.1. The summed E-state index contributed by atoms with van der Waals surface area (Å²) in [6, 6.07) is 9.53. The molecule has 3 aromatic rings. The third-order valence-corrected chi connectivity index (χ3v) is 6.35. The molecule has 0 aliphatic heterocycles. The third-order valence-electron chi connectivity index (χ3n) is 5.17. The Morgan fingerprint density at radius 1 is 1.00 bits per heavy atom. The fraction of sp³-hybridized carbons (Fsp3) is 0.364. The van der Waals surface area contributed by atoms with E-state index in [4.69, 9.17) is 14.2 Å². The maximum Gasteiger partial charge on any atom is 0.220 e. The van der Waals surface area contributed by atoms with Crippen LogP contribution < -0.4 is 14.2 Å². The van der Waals surface area contributed by atoms with Gasteiger partial charge < -0.3 is 14.2 Å². The highest BCUT2D eigenvalue weighted by atomic mass is 32.2. The van der Waals surface area contributed by atoms with Crippen LogP contribution in [0.1, 0.15) is 27.8 Å². The van der Waals surface area contributed by atoms with Crippen molar-refractivity contribution in [3.05, 3.63) is 63.0 Å². The topological polar surface area (TPSA) is 102 Å². The molecule has 1 heterocycles. The van der Waals surface area contributed by atoms with Gasteiger partial charge in [-0.25, -0.2) is 0 Å². The zero-order valence-electron chi connectivity index (χ0n) is 18.9. The molecule has 10 heteroatoms. The number of hydrogen-bond donors (Lipinski definition) is 0. The van der Waals surface area contributed by atoms with Gasteiger partial charge in [-0.1, -0.05) is 17.8 Å². The second-order valence-electron chi connectivity index (χ2n) is 7.21. The first-order valence-corrected chi connectivity index (χ1v) is 10.7. The number of benzene rings is 2. The summed E-state index contributed by atoms with van der Waals surface area (Å²) in [5.41, 5.74) is 3.88. The van der Waals surface area contributed by atoms with Gasteiger partial charge in [-0.2, -0.15) is 0 Å². The van der Waals surface area contributed by atoms with Gasteiger partial charge in [-0.3, -0.25) is 14.7 Å². The standard InChI is InChI=1S/C22H26N4O5S/c1-13-7-8-17(9-14(13)2)26-15(3)23-24-22(26)32-20(12-25(27)28)16-10-18(29-4)21(31-6)19(11-16)30-5/h7-11,20H,12H2,1-6H3/t20-/m0/s1. The fourth-order valence-electron chi connectivity index (χ4n) is 3.34. The molecule has 1 aromatic heterocycles. The molecule has 0 N–H and O–H groups in total. The van der Waals surface area contributed by atoms with Crippen LogP contribution in [-0.4, -0.2) is 47.6 Å². The number of rotatable bonds is 9. The largest absolute Gasteiger partial charge is 0.493 e. The molecule has 0 fully saturated rings. The van der Waals surface area contributed by atoms with Gasteiger partial charge in [0.25, 0.3) is 0 Å². The fourth-order valence-corrected chi connectivity index (χ4v) is 4.50. The second-order valence-corrected chi connectivity index (χ2v) is 8.38. The van der Waals surface area contributed by atoms with Gasteiger partial charge in [0, 0.05) is 10.6 Å². The first-order valence-electron chi connectivity index (χ1n) is 9.87. The van der Waals surface area contributed by atoms with Crippen LogP contribution in [0.25, 0.3) is 5.69 Å². The summed E-state index contributed by atoms with van der Waals surface area (Å²) >= 11 is 1.27. The number of methoxy groups -OCH3 is 3. The van der Waals surface area contributed by atoms with Crippen LogP contribution in [0.3, 0.4) is 0 Å². The molecule has 0 aliphatic rings. The van der Waals surface area contributed by atoms with Gasteiger partial charge in [-0.05, 0) is 61.7 Å². The Hall–Kier alpha value is -3.27. The monoisotopic (exact) mass is 458 g/mol. The molecule has 3 rings (SSSR count). The maximum atomic E-state index is 11.5. The number of ether oxygens (including phenoxy) is 3. The molecule has 0 saturated carbocycles. The van der Waals surface area contributed by atoms with Crippen molar-refractivity contribution in [1.82, 2.24) is 14.8 Å². The number of aromatic nitrogens is 3. The number of nitro groups is 1. The molecule has 0 bridgehead atoms. The molecule has 0 saturated heterocycles. The van der Waals surface area contributed by atoms with Crippen LogP contribution >= 0.6 is 11.8 Å². The van der Waals surface area contributed by atoms with Gasteiger partial charge in [0.15, 0.2) is 16.7 Å². The summed E-state index contributed by atoms with van der Waals surface area (Å²) in [6.07, 6.45) is 0. The highest BCUT2D eigenvalue weighted by Gasteiger charge is 2.26. The predicted molar refractivity (Wildman–Crippen MR) is 122 cm³/mol. The molecular weight excluding hydrogens is 432 g/mol. The SMILES string of the molecule is COc1cc([C@H](C[N+](=O)[O-])Sc2nnc(C)n2-c2ccc(C)c(C)c2)cc(OC)c1OC. The van der Waals surface area contributed by atoms with E-state index >= 15 is 0 Å². The van der Waals surface area contributed by atoms with Crippen molar-refractivity contribution < 1.29 is 19.1 Å². The van der Waals surface area contributed by atoms with E-state index in [1.807, 2.05) is 37.5 Å². The Morgan fingerprint density at radius 3 is 2.19 bits per heavy atom. The molecular formula is C22H26N4O5S. The third kappa shape index (κ3) is 4.80. The minimum absolute atomic E-state index is 0.317.